The highest BCUT2D eigenvalue weighted by atomic mass is 16.5. The van der Waals surface area contributed by atoms with Crippen molar-refractivity contribution in [3.8, 4) is 5.88 Å². The first-order valence-corrected chi connectivity index (χ1v) is 10.7. The van der Waals surface area contributed by atoms with E-state index >= 15 is 0 Å². The van der Waals surface area contributed by atoms with Crippen LogP contribution in [0.2, 0.25) is 0 Å². The number of nitrogens with zero attached hydrogens (tertiary/aromatic N) is 4. The zero-order valence-electron chi connectivity index (χ0n) is 17.8. The number of methoxy groups -OCH3 is 1. The van der Waals surface area contributed by atoms with Gasteiger partial charge < -0.3 is 19.7 Å². The maximum atomic E-state index is 6.13. The predicted octanol–water partition coefficient (Wildman–Crippen LogP) is 2.14. The Morgan fingerprint density at radius 3 is 2.87 bits per heavy atom. The standard InChI is InChI=1S/C23H31N5O2/c1-3-24-23(25-14-19-10-7-11-22(26-19)29-2)28-16-20-21(17-28)30-13-12-27(20)15-18-8-5-4-6-9-18/h4-11,20-21H,3,12-17H2,1-2H3,(H,24,25). The SMILES string of the molecule is CCNC(=NCc1cccc(OC)n1)N1CC2OCCN(Cc3ccccc3)C2C1. The van der Waals surface area contributed by atoms with E-state index in [1.165, 1.54) is 5.56 Å². The first-order chi connectivity index (χ1) is 14.8. The second-order valence-corrected chi connectivity index (χ2v) is 7.68. The van der Waals surface area contributed by atoms with E-state index in [1.807, 2.05) is 18.2 Å². The molecule has 160 valence electrons. The average Bonchev–Trinajstić information content (AvgIpc) is 3.23. The van der Waals surface area contributed by atoms with Gasteiger partial charge in [-0.2, -0.15) is 0 Å². The fourth-order valence-electron chi connectivity index (χ4n) is 4.19. The van der Waals surface area contributed by atoms with Gasteiger partial charge in [0.1, 0.15) is 0 Å². The molecule has 2 aliphatic rings. The number of morpholine rings is 1. The number of guanidine groups is 1. The Morgan fingerprint density at radius 1 is 1.20 bits per heavy atom. The third-order valence-electron chi connectivity index (χ3n) is 5.66. The Labute approximate surface area is 178 Å². The number of pyridine rings is 1. The molecule has 2 atom stereocenters. The molecule has 2 aliphatic heterocycles. The lowest BCUT2D eigenvalue weighted by Crippen LogP contribution is -2.50. The molecule has 4 rings (SSSR count). The summed E-state index contributed by atoms with van der Waals surface area (Å²) in [5, 5.41) is 3.44. The highest BCUT2D eigenvalue weighted by molar-refractivity contribution is 5.80. The topological polar surface area (TPSA) is 62.2 Å². The van der Waals surface area contributed by atoms with Gasteiger partial charge in [0.2, 0.25) is 5.88 Å². The lowest BCUT2D eigenvalue weighted by molar-refractivity contribution is -0.0502. The van der Waals surface area contributed by atoms with Crippen molar-refractivity contribution in [1.29, 1.82) is 0 Å². The van der Waals surface area contributed by atoms with E-state index in [-0.39, 0.29) is 6.10 Å². The Morgan fingerprint density at radius 2 is 2.07 bits per heavy atom. The molecule has 7 heteroatoms. The zero-order valence-corrected chi connectivity index (χ0v) is 17.8. The van der Waals surface area contributed by atoms with Crippen molar-refractivity contribution >= 4 is 5.96 Å². The number of benzene rings is 1. The summed E-state index contributed by atoms with van der Waals surface area (Å²) < 4.78 is 11.4. The van der Waals surface area contributed by atoms with Crippen LogP contribution in [0.5, 0.6) is 5.88 Å². The van der Waals surface area contributed by atoms with Crippen LogP contribution in [0.25, 0.3) is 0 Å². The van der Waals surface area contributed by atoms with Crippen LogP contribution in [0, 0.1) is 0 Å². The van der Waals surface area contributed by atoms with Crippen LogP contribution in [0.3, 0.4) is 0 Å². The van der Waals surface area contributed by atoms with Crippen molar-refractivity contribution < 1.29 is 9.47 Å². The van der Waals surface area contributed by atoms with Gasteiger partial charge in [-0.1, -0.05) is 36.4 Å². The maximum absolute atomic E-state index is 6.13. The number of aliphatic imine (C=N–C) groups is 1. The van der Waals surface area contributed by atoms with E-state index in [0.29, 0.717) is 18.5 Å². The van der Waals surface area contributed by atoms with Crippen molar-refractivity contribution in [3.63, 3.8) is 0 Å². The number of nitrogens with one attached hydrogen (secondary N) is 1. The summed E-state index contributed by atoms with van der Waals surface area (Å²) in [6.07, 6.45) is 0.210. The Balaban J connectivity index is 1.45. The summed E-state index contributed by atoms with van der Waals surface area (Å²) in [6.45, 7) is 7.91. The molecule has 2 aromatic rings. The molecule has 1 aromatic heterocycles. The number of aromatic nitrogens is 1. The Bertz CT molecular complexity index is 844. The second kappa shape index (κ2) is 9.91. The molecule has 2 saturated heterocycles. The van der Waals surface area contributed by atoms with Gasteiger partial charge in [0.05, 0.1) is 38.1 Å². The van der Waals surface area contributed by atoms with Gasteiger partial charge in [-0.15, -0.1) is 0 Å². The highest BCUT2D eigenvalue weighted by Crippen LogP contribution is 2.25. The summed E-state index contributed by atoms with van der Waals surface area (Å²) in [4.78, 5) is 14.2. The quantitative estimate of drug-likeness (QED) is 0.583. The van der Waals surface area contributed by atoms with Crippen LogP contribution in [-0.2, 0) is 17.8 Å². The lowest BCUT2D eigenvalue weighted by atomic mass is 10.1. The fourth-order valence-corrected chi connectivity index (χ4v) is 4.19. The number of hydrogen-bond donors (Lipinski definition) is 1. The van der Waals surface area contributed by atoms with Gasteiger partial charge in [0.25, 0.3) is 0 Å². The molecule has 7 nitrogen and oxygen atoms in total. The minimum atomic E-state index is 0.210. The number of fused-ring (bicyclic) bond motifs is 1. The highest BCUT2D eigenvalue weighted by Gasteiger charge is 2.41. The zero-order chi connectivity index (χ0) is 20.8. The lowest BCUT2D eigenvalue weighted by Gasteiger charge is -2.36. The molecule has 0 saturated carbocycles. The average molecular weight is 410 g/mol. The molecule has 0 aliphatic carbocycles. The molecule has 0 spiro atoms. The van der Waals surface area contributed by atoms with E-state index in [2.05, 4.69) is 57.4 Å². The van der Waals surface area contributed by atoms with Crippen molar-refractivity contribution in [2.45, 2.75) is 32.2 Å². The first-order valence-electron chi connectivity index (χ1n) is 10.7. The minimum absolute atomic E-state index is 0.210. The molecule has 2 fully saturated rings. The van der Waals surface area contributed by atoms with Gasteiger partial charge in [-0.05, 0) is 18.6 Å². The monoisotopic (exact) mass is 409 g/mol. The third-order valence-corrected chi connectivity index (χ3v) is 5.66. The van der Waals surface area contributed by atoms with Crippen molar-refractivity contribution in [3.05, 3.63) is 59.8 Å². The van der Waals surface area contributed by atoms with Crippen molar-refractivity contribution in [1.82, 2.24) is 20.1 Å². The van der Waals surface area contributed by atoms with E-state index in [9.17, 15) is 0 Å². The van der Waals surface area contributed by atoms with E-state index < -0.39 is 0 Å². The largest absolute Gasteiger partial charge is 0.481 e. The molecular formula is C23H31N5O2. The molecule has 30 heavy (non-hydrogen) atoms. The van der Waals surface area contributed by atoms with E-state index in [0.717, 1.165) is 51.0 Å². The normalized spacial score (nSPS) is 22.1. The van der Waals surface area contributed by atoms with Crippen LogP contribution in [0.1, 0.15) is 18.2 Å². The summed E-state index contributed by atoms with van der Waals surface area (Å²) in [6, 6.07) is 16.8. The Hall–Kier alpha value is -2.64. The molecule has 1 N–H and O–H groups in total. The molecule has 0 bridgehead atoms. The number of rotatable bonds is 6. The fraction of sp³-hybridized carbons (Fsp3) is 0.478. The van der Waals surface area contributed by atoms with Crippen LogP contribution in [0.4, 0.5) is 0 Å². The molecule has 3 heterocycles. The van der Waals surface area contributed by atoms with Gasteiger partial charge in [0.15, 0.2) is 5.96 Å². The number of hydrogen-bond acceptors (Lipinski definition) is 5. The second-order valence-electron chi connectivity index (χ2n) is 7.68. The minimum Gasteiger partial charge on any atom is -0.481 e. The van der Waals surface area contributed by atoms with Crippen molar-refractivity contribution in [2.75, 3.05) is 39.9 Å². The van der Waals surface area contributed by atoms with Crippen LogP contribution in [0.15, 0.2) is 53.5 Å². The third kappa shape index (κ3) is 4.91. The number of ether oxygens (including phenoxy) is 2. The summed E-state index contributed by atoms with van der Waals surface area (Å²) in [7, 11) is 1.63. The molecule has 2 unspecified atom stereocenters. The van der Waals surface area contributed by atoms with Gasteiger partial charge in [-0.3, -0.25) is 4.90 Å². The van der Waals surface area contributed by atoms with Crippen molar-refractivity contribution in [2.24, 2.45) is 4.99 Å². The first kappa shape index (κ1) is 20.6. The molecule has 0 radical (unpaired) electrons. The summed E-state index contributed by atoms with van der Waals surface area (Å²) >= 11 is 0. The molecule has 0 amide bonds. The Kier molecular flexibility index (Phi) is 6.81. The van der Waals surface area contributed by atoms with Crippen LogP contribution < -0.4 is 10.1 Å². The van der Waals surface area contributed by atoms with E-state index in [1.54, 1.807) is 7.11 Å². The smallest absolute Gasteiger partial charge is 0.213 e. The maximum Gasteiger partial charge on any atom is 0.213 e. The van der Waals surface area contributed by atoms with Crippen LogP contribution in [-0.4, -0.2) is 72.8 Å². The predicted molar refractivity (Wildman–Crippen MR) is 118 cm³/mol. The van der Waals surface area contributed by atoms with E-state index in [4.69, 9.17) is 14.5 Å². The van der Waals surface area contributed by atoms with Gasteiger partial charge in [0, 0.05) is 38.8 Å². The van der Waals surface area contributed by atoms with Gasteiger partial charge in [-0.25, -0.2) is 9.98 Å². The van der Waals surface area contributed by atoms with Crippen LogP contribution >= 0.6 is 0 Å². The molecular weight excluding hydrogens is 378 g/mol. The summed E-state index contributed by atoms with van der Waals surface area (Å²) in [5.41, 5.74) is 2.24. The summed E-state index contributed by atoms with van der Waals surface area (Å²) in [5.74, 6) is 1.53. The molecule has 1 aromatic carbocycles. The van der Waals surface area contributed by atoms with Gasteiger partial charge >= 0.3 is 0 Å². The number of likely N-dealkylation sites (tertiary alicyclic amines) is 1.